The van der Waals surface area contributed by atoms with E-state index in [4.69, 9.17) is 0 Å². The molecule has 0 spiro atoms. The normalized spacial score (nSPS) is 19.8. The topological polar surface area (TPSA) is 57.2 Å². The van der Waals surface area contributed by atoms with Gasteiger partial charge in [-0.25, -0.2) is 0 Å². The van der Waals surface area contributed by atoms with Gasteiger partial charge < -0.3 is 15.1 Å². The van der Waals surface area contributed by atoms with Crippen LogP contribution in [0.2, 0.25) is 0 Å². The number of rotatable bonds is 3. The minimum absolute atomic E-state index is 0.678. The highest BCUT2D eigenvalue weighted by Gasteiger charge is 2.20. The molecule has 0 bridgehead atoms. The van der Waals surface area contributed by atoms with Crippen LogP contribution in [0.4, 0.5) is 17.8 Å². The molecule has 1 aromatic heterocycles. The van der Waals surface area contributed by atoms with Crippen molar-refractivity contribution in [3.63, 3.8) is 0 Å². The van der Waals surface area contributed by atoms with Crippen LogP contribution >= 0.6 is 0 Å². The Kier molecular flexibility index (Phi) is 3.66. The van der Waals surface area contributed by atoms with Crippen molar-refractivity contribution in [3.05, 3.63) is 0 Å². The molecule has 6 heteroatoms. The highest BCUT2D eigenvalue weighted by molar-refractivity contribution is 5.45. The Labute approximate surface area is 114 Å². The number of hydrogen-bond acceptors (Lipinski definition) is 6. The maximum absolute atomic E-state index is 4.68. The van der Waals surface area contributed by atoms with E-state index in [1.807, 2.05) is 7.05 Å². The van der Waals surface area contributed by atoms with Gasteiger partial charge in [-0.05, 0) is 32.1 Å². The summed E-state index contributed by atoms with van der Waals surface area (Å²) in [4.78, 5) is 18.2. The molecular weight excluding hydrogens is 240 g/mol. The van der Waals surface area contributed by atoms with E-state index in [2.05, 4.69) is 30.1 Å². The minimum atomic E-state index is 0.678. The summed E-state index contributed by atoms with van der Waals surface area (Å²) in [5, 5.41) is 3.05. The molecule has 0 radical (unpaired) electrons. The number of anilines is 3. The Morgan fingerprint density at radius 2 is 1.21 bits per heavy atom. The first-order chi connectivity index (χ1) is 9.36. The van der Waals surface area contributed by atoms with E-state index in [1.165, 1.54) is 32.1 Å². The summed E-state index contributed by atoms with van der Waals surface area (Å²) in [5.74, 6) is 2.34. The molecule has 2 saturated heterocycles. The van der Waals surface area contributed by atoms with Gasteiger partial charge in [-0.1, -0.05) is 0 Å². The van der Waals surface area contributed by atoms with Gasteiger partial charge in [0.05, 0.1) is 0 Å². The maximum atomic E-state index is 4.68. The molecule has 19 heavy (non-hydrogen) atoms. The first kappa shape index (κ1) is 12.4. The molecule has 3 rings (SSSR count). The lowest BCUT2D eigenvalue weighted by Crippen LogP contribution is -2.32. The standard InChI is InChI=1S/C13H22N6/c1-14-11-15-12(18-7-3-2-4-8-18)17-13(16-11)19-9-5-6-10-19/h2-10H2,1H3,(H,14,15,16,17). The molecular formula is C13H22N6. The molecule has 0 atom stereocenters. The molecule has 0 aliphatic carbocycles. The number of nitrogens with zero attached hydrogens (tertiary/aromatic N) is 5. The van der Waals surface area contributed by atoms with Gasteiger partial charge >= 0.3 is 0 Å². The molecule has 1 aromatic rings. The zero-order valence-electron chi connectivity index (χ0n) is 11.6. The highest BCUT2D eigenvalue weighted by atomic mass is 15.4. The fourth-order valence-corrected chi connectivity index (χ4v) is 2.76. The van der Waals surface area contributed by atoms with Crippen LogP contribution in [0.15, 0.2) is 0 Å². The summed E-state index contributed by atoms with van der Waals surface area (Å²) >= 11 is 0. The Balaban J connectivity index is 1.87. The maximum Gasteiger partial charge on any atom is 0.231 e. The fourth-order valence-electron chi connectivity index (χ4n) is 2.76. The van der Waals surface area contributed by atoms with E-state index in [0.717, 1.165) is 38.1 Å². The van der Waals surface area contributed by atoms with Crippen LogP contribution in [0.1, 0.15) is 32.1 Å². The van der Waals surface area contributed by atoms with Gasteiger partial charge in [0.15, 0.2) is 0 Å². The smallest absolute Gasteiger partial charge is 0.231 e. The zero-order valence-corrected chi connectivity index (χ0v) is 11.6. The molecule has 2 fully saturated rings. The van der Waals surface area contributed by atoms with E-state index in [9.17, 15) is 0 Å². The number of aromatic nitrogens is 3. The molecule has 1 N–H and O–H groups in total. The highest BCUT2D eigenvalue weighted by Crippen LogP contribution is 2.22. The minimum Gasteiger partial charge on any atom is -0.357 e. The van der Waals surface area contributed by atoms with Crippen LogP contribution in [0.3, 0.4) is 0 Å². The van der Waals surface area contributed by atoms with Crippen LogP contribution < -0.4 is 15.1 Å². The van der Waals surface area contributed by atoms with Crippen molar-refractivity contribution in [2.75, 3.05) is 48.3 Å². The van der Waals surface area contributed by atoms with Crippen molar-refractivity contribution in [1.29, 1.82) is 0 Å². The number of nitrogens with one attached hydrogen (secondary N) is 1. The number of piperidine rings is 1. The second kappa shape index (κ2) is 5.59. The lowest BCUT2D eigenvalue weighted by molar-refractivity contribution is 0.567. The largest absolute Gasteiger partial charge is 0.357 e. The first-order valence-corrected chi connectivity index (χ1v) is 7.30. The van der Waals surface area contributed by atoms with Crippen LogP contribution in [0.5, 0.6) is 0 Å². The summed E-state index contributed by atoms with van der Waals surface area (Å²) in [6.45, 7) is 4.25. The monoisotopic (exact) mass is 262 g/mol. The summed E-state index contributed by atoms with van der Waals surface area (Å²) in [5.41, 5.74) is 0. The van der Waals surface area contributed by atoms with Gasteiger partial charge in [-0.3, -0.25) is 0 Å². The molecule has 0 unspecified atom stereocenters. The molecule has 0 saturated carbocycles. The number of hydrogen-bond donors (Lipinski definition) is 1. The predicted octanol–water partition coefficient (Wildman–Crippen LogP) is 1.50. The summed E-state index contributed by atoms with van der Waals surface area (Å²) < 4.78 is 0. The molecule has 104 valence electrons. The van der Waals surface area contributed by atoms with Crippen LogP contribution in [0, 0.1) is 0 Å². The third-order valence-corrected chi connectivity index (χ3v) is 3.86. The molecule has 6 nitrogen and oxygen atoms in total. The quantitative estimate of drug-likeness (QED) is 0.891. The van der Waals surface area contributed by atoms with Gasteiger partial charge in [0.2, 0.25) is 17.8 Å². The van der Waals surface area contributed by atoms with E-state index < -0.39 is 0 Å². The van der Waals surface area contributed by atoms with Crippen molar-refractivity contribution < 1.29 is 0 Å². The van der Waals surface area contributed by atoms with Crippen molar-refractivity contribution >= 4 is 17.8 Å². The lowest BCUT2D eigenvalue weighted by atomic mass is 10.1. The van der Waals surface area contributed by atoms with Gasteiger partial charge in [-0.2, -0.15) is 15.0 Å². The van der Waals surface area contributed by atoms with Crippen molar-refractivity contribution in [1.82, 2.24) is 15.0 Å². The van der Waals surface area contributed by atoms with Gasteiger partial charge in [0.1, 0.15) is 0 Å². The molecule has 0 aromatic carbocycles. The van der Waals surface area contributed by atoms with E-state index in [-0.39, 0.29) is 0 Å². The van der Waals surface area contributed by atoms with Gasteiger partial charge in [0.25, 0.3) is 0 Å². The Morgan fingerprint density at radius 3 is 1.68 bits per heavy atom. The van der Waals surface area contributed by atoms with Crippen LogP contribution in [-0.2, 0) is 0 Å². The predicted molar refractivity (Wildman–Crippen MR) is 76.9 cm³/mol. The first-order valence-electron chi connectivity index (χ1n) is 7.30. The molecule has 3 heterocycles. The third-order valence-electron chi connectivity index (χ3n) is 3.86. The summed E-state index contributed by atoms with van der Waals surface area (Å²) in [6.07, 6.45) is 6.26. The van der Waals surface area contributed by atoms with Crippen molar-refractivity contribution in [3.8, 4) is 0 Å². The Morgan fingerprint density at radius 1 is 0.737 bits per heavy atom. The average Bonchev–Trinajstić information content (AvgIpc) is 3.02. The molecule has 2 aliphatic heterocycles. The Hall–Kier alpha value is -1.59. The third kappa shape index (κ3) is 2.72. The van der Waals surface area contributed by atoms with Gasteiger partial charge in [0, 0.05) is 33.2 Å². The van der Waals surface area contributed by atoms with Gasteiger partial charge in [-0.15, -0.1) is 0 Å². The van der Waals surface area contributed by atoms with E-state index in [0.29, 0.717) is 5.95 Å². The van der Waals surface area contributed by atoms with Crippen molar-refractivity contribution in [2.45, 2.75) is 32.1 Å². The molecule has 2 aliphatic rings. The van der Waals surface area contributed by atoms with Crippen molar-refractivity contribution in [2.24, 2.45) is 0 Å². The van der Waals surface area contributed by atoms with Crippen LogP contribution in [0.25, 0.3) is 0 Å². The average molecular weight is 262 g/mol. The second-order valence-electron chi connectivity index (χ2n) is 5.25. The van der Waals surface area contributed by atoms with Crippen LogP contribution in [-0.4, -0.2) is 48.2 Å². The van der Waals surface area contributed by atoms with E-state index in [1.54, 1.807) is 0 Å². The lowest BCUT2D eigenvalue weighted by Gasteiger charge is -2.27. The van der Waals surface area contributed by atoms with E-state index >= 15 is 0 Å². The summed E-state index contributed by atoms with van der Waals surface area (Å²) in [7, 11) is 1.86. The fraction of sp³-hybridized carbons (Fsp3) is 0.769. The molecule has 0 amide bonds. The second-order valence-corrected chi connectivity index (χ2v) is 5.25. The SMILES string of the molecule is CNc1nc(N2CCCCC2)nc(N2CCCC2)n1. The zero-order chi connectivity index (χ0) is 13.1. The summed E-state index contributed by atoms with van der Waals surface area (Å²) in [6, 6.07) is 0. The Bertz CT molecular complexity index is 423.